The molecule has 3 aromatic rings. The summed E-state index contributed by atoms with van der Waals surface area (Å²) in [6, 6.07) is 17.2. The number of carbonyl (C=O) groups is 1. The Hall–Kier alpha value is -3.01. The first kappa shape index (κ1) is 14.9. The minimum absolute atomic E-state index is 0.297. The first-order chi connectivity index (χ1) is 11.2. The average Bonchev–Trinajstić information content (AvgIpc) is 2.57. The quantitative estimate of drug-likeness (QED) is 0.789. The molecule has 0 aliphatic heterocycles. The van der Waals surface area contributed by atoms with Crippen molar-refractivity contribution in [3.05, 3.63) is 95.6 Å². The van der Waals surface area contributed by atoms with E-state index in [2.05, 4.69) is 10.3 Å². The summed E-state index contributed by atoms with van der Waals surface area (Å²) in [5, 5.41) is 2.76. The summed E-state index contributed by atoms with van der Waals surface area (Å²) in [6.45, 7) is 0. The van der Waals surface area contributed by atoms with E-state index in [1.807, 2.05) is 36.4 Å². The van der Waals surface area contributed by atoms with Crippen LogP contribution >= 0.6 is 0 Å². The van der Waals surface area contributed by atoms with Crippen molar-refractivity contribution in [3.63, 3.8) is 0 Å². The van der Waals surface area contributed by atoms with E-state index in [0.717, 1.165) is 12.0 Å². The van der Waals surface area contributed by atoms with Crippen molar-refractivity contribution in [3.8, 4) is 0 Å². The van der Waals surface area contributed by atoms with Gasteiger partial charge in [0.25, 0.3) is 5.91 Å². The summed E-state index contributed by atoms with van der Waals surface area (Å²) in [6.07, 6.45) is 4.34. The number of hydrogen-bond acceptors (Lipinski definition) is 2. The number of nitrogens with zero attached hydrogens (tertiary/aromatic N) is 1. The van der Waals surface area contributed by atoms with Gasteiger partial charge in [0.05, 0.1) is 0 Å². The molecule has 1 N–H and O–H groups in total. The second kappa shape index (κ2) is 6.83. The largest absolute Gasteiger partial charge is 0.322 e. The summed E-state index contributed by atoms with van der Waals surface area (Å²) >= 11 is 0. The smallest absolute Gasteiger partial charge is 0.255 e. The molecule has 23 heavy (non-hydrogen) atoms. The Kier molecular flexibility index (Phi) is 4.43. The number of anilines is 1. The van der Waals surface area contributed by atoms with Crippen molar-refractivity contribution in [1.29, 1.82) is 0 Å². The molecule has 0 aliphatic carbocycles. The zero-order chi connectivity index (χ0) is 16.1. The number of aromatic nitrogens is 1. The first-order valence-electron chi connectivity index (χ1n) is 7.25. The van der Waals surface area contributed by atoms with Crippen LogP contribution in [-0.2, 0) is 6.42 Å². The van der Waals surface area contributed by atoms with E-state index in [1.54, 1.807) is 18.5 Å². The van der Waals surface area contributed by atoms with Crippen molar-refractivity contribution in [1.82, 2.24) is 4.98 Å². The number of benzene rings is 2. The highest BCUT2D eigenvalue weighted by Crippen LogP contribution is 2.14. The van der Waals surface area contributed by atoms with E-state index in [0.29, 0.717) is 11.3 Å². The summed E-state index contributed by atoms with van der Waals surface area (Å²) in [5.41, 5.74) is 3.29. The van der Waals surface area contributed by atoms with Crippen molar-refractivity contribution in [2.24, 2.45) is 0 Å². The van der Waals surface area contributed by atoms with Crippen molar-refractivity contribution < 1.29 is 9.18 Å². The van der Waals surface area contributed by atoms with Crippen LogP contribution in [0.1, 0.15) is 21.5 Å². The molecule has 1 aromatic heterocycles. The van der Waals surface area contributed by atoms with Gasteiger partial charge in [0.2, 0.25) is 0 Å². The fourth-order valence-corrected chi connectivity index (χ4v) is 2.28. The van der Waals surface area contributed by atoms with E-state index in [1.165, 1.54) is 23.8 Å². The van der Waals surface area contributed by atoms with Gasteiger partial charge in [0.15, 0.2) is 0 Å². The lowest BCUT2D eigenvalue weighted by Crippen LogP contribution is -2.12. The predicted molar refractivity (Wildman–Crippen MR) is 87.8 cm³/mol. The lowest BCUT2D eigenvalue weighted by molar-refractivity contribution is 0.102. The molecule has 0 saturated carbocycles. The second-order valence-corrected chi connectivity index (χ2v) is 5.19. The number of hydrogen-bond donors (Lipinski definition) is 1. The van der Waals surface area contributed by atoms with E-state index in [-0.39, 0.29) is 5.91 Å². The van der Waals surface area contributed by atoms with Gasteiger partial charge < -0.3 is 5.32 Å². The Morgan fingerprint density at radius 1 is 0.957 bits per heavy atom. The van der Waals surface area contributed by atoms with Gasteiger partial charge in [-0.3, -0.25) is 9.78 Å². The molecule has 0 atom stereocenters. The number of carbonyl (C=O) groups excluding carboxylic acids is 1. The lowest BCUT2D eigenvalue weighted by atomic mass is 10.1. The van der Waals surface area contributed by atoms with Crippen LogP contribution in [0.5, 0.6) is 0 Å². The molecule has 2 aromatic carbocycles. The van der Waals surface area contributed by atoms with Crippen molar-refractivity contribution >= 4 is 11.6 Å². The second-order valence-electron chi connectivity index (χ2n) is 5.19. The standard InChI is InChI=1S/C19H15FN2O/c20-17-3-1-2-16(13-17)19(23)22-18-6-4-14(5-7-18)12-15-8-10-21-11-9-15/h1-11,13H,12H2,(H,22,23). The van der Waals surface area contributed by atoms with E-state index < -0.39 is 5.82 Å². The maximum absolute atomic E-state index is 13.1. The summed E-state index contributed by atoms with van der Waals surface area (Å²) < 4.78 is 13.1. The third kappa shape index (κ3) is 4.01. The van der Waals surface area contributed by atoms with Crippen molar-refractivity contribution in [2.45, 2.75) is 6.42 Å². The summed E-state index contributed by atoms with van der Waals surface area (Å²) in [5.74, 6) is -0.753. The number of rotatable bonds is 4. The molecule has 0 spiro atoms. The fourth-order valence-electron chi connectivity index (χ4n) is 2.28. The average molecular weight is 306 g/mol. The van der Waals surface area contributed by atoms with Gasteiger partial charge in [-0.05, 0) is 60.0 Å². The molecule has 4 heteroatoms. The van der Waals surface area contributed by atoms with Crippen LogP contribution in [0.25, 0.3) is 0 Å². The Morgan fingerprint density at radius 2 is 1.65 bits per heavy atom. The van der Waals surface area contributed by atoms with Crippen LogP contribution < -0.4 is 5.32 Å². The fraction of sp³-hybridized carbons (Fsp3) is 0.0526. The molecule has 1 amide bonds. The minimum Gasteiger partial charge on any atom is -0.322 e. The number of pyridine rings is 1. The molecule has 1 heterocycles. The molecule has 0 aliphatic rings. The van der Waals surface area contributed by atoms with Gasteiger partial charge in [-0.15, -0.1) is 0 Å². The maximum atomic E-state index is 13.1. The molecule has 0 saturated heterocycles. The van der Waals surface area contributed by atoms with E-state index in [4.69, 9.17) is 0 Å². The molecule has 3 rings (SSSR count). The highest BCUT2D eigenvalue weighted by Gasteiger charge is 2.07. The van der Waals surface area contributed by atoms with Gasteiger partial charge in [0, 0.05) is 23.6 Å². The molecular formula is C19H15FN2O. The minimum atomic E-state index is -0.426. The Bertz CT molecular complexity index is 801. The third-order valence-electron chi connectivity index (χ3n) is 3.46. The Morgan fingerprint density at radius 3 is 2.35 bits per heavy atom. The topological polar surface area (TPSA) is 42.0 Å². The predicted octanol–water partition coefficient (Wildman–Crippen LogP) is 4.06. The normalized spacial score (nSPS) is 10.3. The summed E-state index contributed by atoms with van der Waals surface area (Å²) in [4.78, 5) is 16.1. The Balaban J connectivity index is 1.67. The van der Waals surface area contributed by atoms with Gasteiger partial charge in [-0.25, -0.2) is 4.39 Å². The highest BCUT2D eigenvalue weighted by atomic mass is 19.1. The molecule has 0 unspecified atom stereocenters. The Labute approximate surface area is 133 Å². The molecule has 3 nitrogen and oxygen atoms in total. The van der Waals surface area contributed by atoms with Gasteiger partial charge in [0.1, 0.15) is 5.82 Å². The first-order valence-corrected chi connectivity index (χ1v) is 7.25. The van der Waals surface area contributed by atoms with Crippen LogP contribution in [0, 0.1) is 5.82 Å². The monoisotopic (exact) mass is 306 g/mol. The van der Waals surface area contributed by atoms with Crippen LogP contribution in [0.2, 0.25) is 0 Å². The SMILES string of the molecule is O=C(Nc1ccc(Cc2ccncc2)cc1)c1cccc(F)c1. The molecule has 0 bridgehead atoms. The maximum Gasteiger partial charge on any atom is 0.255 e. The molecule has 0 radical (unpaired) electrons. The van der Waals surface area contributed by atoms with Crippen molar-refractivity contribution in [2.75, 3.05) is 5.32 Å². The molecule has 114 valence electrons. The zero-order valence-electron chi connectivity index (χ0n) is 12.4. The number of halogens is 1. The van der Waals surface area contributed by atoms with Crippen LogP contribution in [-0.4, -0.2) is 10.9 Å². The highest BCUT2D eigenvalue weighted by molar-refractivity contribution is 6.04. The van der Waals surface area contributed by atoms with Crippen LogP contribution in [0.15, 0.2) is 73.1 Å². The van der Waals surface area contributed by atoms with Gasteiger partial charge in [-0.1, -0.05) is 18.2 Å². The lowest BCUT2D eigenvalue weighted by Gasteiger charge is -2.07. The van der Waals surface area contributed by atoms with Crippen LogP contribution in [0.4, 0.5) is 10.1 Å². The zero-order valence-corrected chi connectivity index (χ0v) is 12.4. The number of amides is 1. The molecule has 0 fully saturated rings. The van der Waals surface area contributed by atoms with Crippen LogP contribution in [0.3, 0.4) is 0 Å². The van der Waals surface area contributed by atoms with E-state index >= 15 is 0 Å². The van der Waals surface area contributed by atoms with E-state index in [9.17, 15) is 9.18 Å². The number of nitrogens with one attached hydrogen (secondary N) is 1. The van der Waals surface area contributed by atoms with Gasteiger partial charge in [-0.2, -0.15) is 0 Å². The van der Waals surface area contributed by atoms with Gasteiger partial charge >= 0.3 is 0 Å². The molecular weight excluding hydrogens is 291 g/mol. The third-order valence-corrected chi connectivity index (χ3v) is 3.46. The summed E-state index contributed by atoms with van der Waals surface area (Å²) in [7, 11) is 0.